The molecule has 1 heterocycles. The summed E-state index contributed by atoms with van der Waals surface area (Å²) >= 11 is 0. The zero-order valence-corrected chi connectivity index (χ0v) is 10.2. The van der Waals surface area contributed by atoms with Gasteiger partial charge in [-0.15, -0.1) is 0 Å². The number of H-pyrrole nitrogens is 1. The monoisotopic (exact) mass is 274 g/mol. The lowest BCUT2D eigenvalue weighted by atomic mass is 10.1. The zero-order chi connectivity index (χ0) is 14.7. The number of nitrogens with one attached hydrogen (secondary N) is 1. The topological polar surface area (TPSA) is 113 Å². The highest BCUT2D eigenvalue weighted by Crippen LogP contribution is 2.19. The minimum absolute atomic E-state index is 0.0430. The predicted octanol–water partition coefficient (Wildman–Crippen LogP) is 1.58. The van der Waals surface area contributed by atoms with E-state index in [0.29, 0.717) is 11.3 Å². The van der Waals surface area contributed by atoms with Crippen LogP contribution in [0.15, 0.2) is 41.2 Å². The summed E-state index contributed by atoms with van der Waals surface area (Å²) in [5.74, 6) is -1.08. The van der Waals surface area contributed by atoms with Gasteiger partial charge in [-0.3, -0.25) is 19.7 Å². The normalized spacial score (nSPS) is 10.2. The summed E-state index contributed by atoms with van der Waals surface area (Å²) in [4.78, 5) is 34.8. The van der Waals surface area contributed by atoms with Crippen LogP contribution in [0.1, 0.15) is 5.56 Å². The lowest BCUT2D eigenvalue weighted by Gasteiger charge is -2.03. The van der Waals surface area contributed by atoms with E-state index < -0.39 is 16.5 Å². The minimum Gasteiger partial charge on any atom is -0.481 e. The molecule has 0 spiro atoms. The summed E-state index contributed by atoms with van der Waals surface area (Å²) < 4.78 is 0. The molecule has 0 atom stereocenters. The molecule has 1 aromatic heterocycles. The molecule has 1 aromatic carbocycles. The van der Waals surface area contributed by atoms with E-state index >= 15 is 0 Å². The number of non-ortho nitro benzene ring substituents is 1. The third-order valence-corrected chi connectivity index (χ3v) is 2.72. The second-order valence-electron chi connectivity index (χ2n) is 4.10. The van der Waals surface area contributed by atoms with Gasteiger partial charge < -0.3 is 10.1 Å². The molecule has 0 aliphatic rings. The van der Waals surface area contributed by atoms with Gasteiger partial charge in [0.2, 0.25) is 0 Å². The van der Waals surface area contributed by atoms with Gasteiger partial charge in [-0.2, -0.15) is 0 Å². The van der Waals surface area contributed by atoms with Gasteiger partial charge >= 0.3 is 5.97 Å². The van der Waals surface area contributed by atoms with E-state index in [1.54, 1.807) is 6.07 Å². The molecular formula is C13H10N2O5. The van der Waals surface area contributed by atoms with Crippen molar-refractivity contribution in [2.24, 2.45) is 0 Å². The highest BCUT2D eigenvalue weighted by molar-refractivity contribution is 5.70. The van der Waals surface area contributed by atoms with Crippen molar-refractivity contribution < 1.29 is 14.8 Å². The molecule has 0 fully saturated rings. The first kappa shape index (κ1) is 13.5. The van der Waals surface area contributed by atoms with Crippen molar-refractivity contribution in [3.8, 4) is 11.3 Å². The average Bonchev–Trinajstić information content (AvgIpc) is 2.41. The van der Waals surface area contributed by atoms with Gasteiger partial charge in [0.1, 0.15) is 0 Å². The first-order valence-corrected chi connectivity index (χ1v) is 5.66. The van der Waals surface area contributed by atoms with Crippen LogP contribution in [0.5, 0.6) is 0 Å². The third-order valence-electron chi connectivity index (χ3n) is 2.72. The van der Waals surface area contributed by atoms with E-state index in [2.05, 4.69) is 4.98 Å². The highest BCUT2D eigenvalue weighted by Gasteiger charge is 2.08. The molecule has 0 bridgehead atoms. The van der Waals surface area contributed by atoms with Gasteiger partial charge in [-0.1, -0.05) is 6.07 Å². The smallest absolute Gasteiger partial charge is 0.308 e. The van der Waals surface area contributed by atoms with Crippen LogP contribution in [0.3, 0.4) is 0 Å². The van der Waals surface area contributed by atoms with Crippen LogP contribution in [0, 0.1) is 10.1 Å². The first-order chi connectivity index (χ1) is 9.47. The average molecular weight is 274 g/mol. The number of aromatic amines is 1. The van der Waals surface area contributed by atoms with Crippen molar-refractivity contribution in [2.75, 3.05) is 0 Å². The van der Waals surface area contributed by atoms with E-state index in [4.69, 9.17) is 5.11 Å². The van der Waals surface area contributed by atoms with Crippen molar-refractivity contribution in [3.63, 3.8) is 0 Å². The number of aromatic nitrogens is 1. The number of benzene rings is 1. The van der Waals surface area contributed by atoms with Crippen molar-refractivity contribution in [1.82, 2.24) is 4.98 Å². The molecule has 2 N–H and O–H groups in total. The van der Waals surface area contributed by atoms with Gasteiger partial charge in [0.05, 0.1) is 11.3 Å². The quantitative estimate of drug-likeness (QED) is 0.649. The Morgan fingerprint density at radius 2 is 1.85 bits per heavy atom. The first-order valence-electron chi connectivity index (χ1n) is 5.66. The van der Waals surface area contributed by atoms with Crippen molar-refractivity contribution >= 4 is 11.7 Å². The summed E-state index contributed by atoms with van der Waals surface area (Å²) in [6.07, 6.45) is -0.351. The van der Waals surface area contributed by atoms with Gasteiger partial charge in [-0.25, -0.2) is 0 Å². The number of nitrogens with zero attached hydrogens (tertiary/aromatic N) is 1. The molecule has 0 aliphatic heterocycles. The van der Waals surface area contributed by atoms with E-state index in [1.165, 1.54) is 30.3 Å². The summed E-state index contributed by atoms with van der Waals surface area (Å²) in [6, 6.07) is 8.70. The fraction of sp³-hybridized carbons (Fsp3) is 0.0769. The molecule has 0 amide bonds. The van der Waals surface area contributed by atoms with Crippen LogP contribution in [-0.2, 0) is 11.2 Å². The molecule has 0 radical (unpaired) electrons. The molecular weight excluding hydrogens is 264 g/mol. The number of nitro groups is 1. The maximum atomic E-state index is 11.7. The molecule has 0 saturated heterocycles. The van der Waals surface area contributed by atoms with E-state index in [9.17, 15) is 19.7 Å². The van der Waals surface area contributed by atoms with Gasteiger partial charge in [0.25, 0.3) is 11.2 Å². The molecule has 0 aliphatic carbocycles. The summed E-state index contributed by atoms with van der Waals surface area (Å²) in [5.41, 5.74) is 0.707. The maximum absolute atomic E-state index is 11.7. The van der Waals surface area contributed by atoms with Crippen molar-refractivity contribution in [1.29, 1.82) is 0 Å². The number of pyridine rings is 1. The Labute approximate surface area is 112 Å². The predicted molar refractivity (Wildman–Crippen MR) is 70.5 cm³/mol. The summed E-state index contributed by atoms with van der Waals surface area (Å²) in [5, 5.41) is 19.2. The van der Waals surface area contributed by atoms with Crippen LogP contribution in [0.4, 0.5) is 5.69 Å². The number of aliphatic carboxylic acids is 1. The van der Waals surface area contributed by atoms with Crippen LogP contribution >= 0.6 is 0 Å². The Balaban J connectivity index is 2.34. The number of carbonyl (C=O) groups is 1. The lowest BCUT2D eigenvalue weighted by Crippen LogP contribution is -2.16. The van der Waals surface area contributed by atoms with Gasteiger partial charge in [0, 0.05) is 23.4 Å². The second-order valence-corrected chi connectivity index (χ2v) is 4.10. The van der Waals surface area contributed by atoms with Crippen LogP contribution in [0.2, 0.25) is 0 Å². The molecule has 0 saturated carbocycles. The SMILES string of the molecule is O=C(O)Cc1ccc(-c2ccc([N+](=O)[O-])cc2)[nH]c1=O. The van der Waals surface area contributed by atoms with Crippen molar-refractivity contribution in [3.05, 3.63) is 62.4 Å². The third kappa shape index (κ3) is 2.89. The number of hydrogen-bond acceptors (Lipinski definition) is 4. The van der Waals surface area contributed by atoms with Crippen LogP contribution < -0.4 is 5.56 Å². The number of rotatable bonds is 4. The van der Waals surface area contributed by atoms with Gasteiger partial charge in [0.15, 0.2) is 0 Å². The van der Waals surface area contributed by atoms with E-state index in [1.807, 2.05) is 0 Å². The number of nitro benzene ring substituents is 1. The number of carboxylic acids is 1. The van der Waals surface area contributed by atoms with Crippen LogP contribution in [0.25, 0.3) is 11.3 Å². The Morgan fingerprint density at radius 3 is 2.35 bits per heavy atom. The van der Waals surface area contributed by atoms with E-state index in [-0.39, 0.29) is 17.7 Å². The second kappa shape index (κ2) is 5.35. The fourth-order valence-electron chi connectivity index (χ4n) is 1.74. The Morgan fingerprint density at radius 1 is 1.20 bits per heavy atom. The summed E-state index contributed by atoms with van der Waals surface area (Å²) in [6.45, 7) is 0. The molecule has 0 unspecified atom stereocenters. The molecule has 7 heteroatoms. The molecule has 7 nitrogen and oxygen atoms in total. The van der Waals surface area contributed by atoms with Crippen molar-refractivity contribution in [2.45, 2.75) is 6.42 Å². The zero-order valence-electron chi connectivity index (χ0n) is 10.2. The Bertz CT molecular complexity index is 718. The Hall–Kier alpha value is -2.96. The Kier molecular flexibility index (Phi) is 3.60. The maximum Gasteiger partial charge on any atom is 0.308 e. The van der Waals surface area contributed by atoms with Crippen LogP contribution in [-0.4, -0.2) is 21.0 Å². The fourth-order valence-corrected chi connectivity index (χ4v) is 1.74. The van der Waals surface area contributed by atoms with Gasteiger partial charge in [-0.05, 0) is 23.8 Å². The molecule has 102 valence electrons. The number of carboxylic acid groups (broad SMARTS) is 1. The highest BCUT2D eigenvalue weighted by atomic mass is 16.6. The molecule has 20 heavy (non-hydrogen) atoms. The summed E-state index contributed by atoms with van der Waals surface area (Å²) in [7, 11) is 0. The minimum atomic E-state index is -1.08. The largest absolute Gasteiger partial charge is 0.481 e. The molecule has 2 rings (SSSR count). The van der Waals surface area contributed by atoms with E-state index in [0.717, 1.165) is 0 Å². The molecule has 2 aromatic rings. The standard InChI is InChI=1S/C13H10N2O5/c16-12(17)7-9-3-6-11(14-13(9)18)8-1-4-10(5-2-8)15(19)20/h1-6H,7H2,(H,14,18)(H,16,17). The lowest BCUT2D eigenvalue weighted by molar-refractivity contribution is -0.384. The number of hydrogen-bond donors (Lipinski definition) is 2.